The van der Waals surface area contributed by atoms with E-state index in [1.165, 1.54) is 0 Å². The first kappa shape index (κ1) is 18.7. The molecule has 0 aliphatic carbocycles. The number of fused-ring (bicyclic) bond motifs is 1. The number of aromatic nitrogens is 1. The summed E-state index contributed by atoms with van der Waals surface area (Å²) in [4.78, 5) is 17.1. The SMILES string of the molecule is CC(C)(NC(=O)CC1NCCC1(CF)CF)c1nccc2ccccc12. The third kappa shape index (κ3) is 3.43. The summed E-state index contributed by atoms with van der Waals surface area (Å²) in [5.74, 6) is -0.240. The summed E-state index contributed by atoms with van der Waals surface area (Å²) in [5.41, 5.74) is -1.02. The van der Waals surface area contributed by atoms with Gasteiger partial charge in [0.15, 0.2) is 0 Å². The monoisotopic (exact) mass is 361 g/mol. The third-order valence-electron chi connectivity index (χ3n) is 5.39. The van der Waals surface area contributed by atoms with Crippen molar-refractivity contribution in [3.63, 3.8) is 0 Å². The second kappa shape index (κ2) is 7.27. The van der Waals surface area contributed by atoms with Crippen LogP contribution in [0.15, 0.2) is 36.5 Å². The van der Waals surface area contributed by atoms with E-state index in [2.05, 4.69) is 15.6 Å². The molecule has 0 spiro atoms. The van der Waals surface area contributed by atoms with Crippen LogP contribution in [0, 0.1) is 5.41 Å². The molecular formula is C20H25F2N3O. The number of pyridine rings is 1. The topological polar surface area (TPSA) is 54.0 Å². The molecule has 3 rings (SSSR count). The zero-order valence-corrected chi connectivity index (χ0v) is 15.2. The van der Waals surface area contributed by atoms with Gasteiger partial charge in [-0.2, -0.15) is 0 Å². The zero-order valence-electron chi connectivity index (χ0n) is 15.2. The molecule has 1 aliphatic heterocycles. The van der Waals surface area contributed by atoms with Crippen LogP contribution in [0.1, 0.15) is 32.4 Å². The first-order valence-corrected chi connectivity index (χ1v) is 8.92. The summed E-state index contributed by atoms with van der Waals surface area (Å²) in [5, 5.41) is 8.09. The summed E-state index contributed by atoms with van der Waals surface area (Å²) in [7, 11) is 0. The minimum absolute atomic E-state index is 0.0437. The number of nitrogens with one attached hydrogen (secondary N) is 2. The Kier molecular flexibility index (Phi) is 5.23. The first-order chi connectivity index (χ1) is 12.4. The van der Waals surface area contributed by atoms with Gasteiger partial charge < -0.3 is 10.6 Å². The van der Waals surface area contributed by atoms with E-state index in [9.17, 15) is 13.6 Å². The average molecular weight is 361 g/mol. The van der Waals surface area contributed by atoms with Crippen LogP contribution in [0.2, 0.25) is 0 Å². The molecule has 1 aromatic carbocycles. The fourth-order valence-corrected chi connectivity index (χ4v) is 3.79. The van der Waals surface area contributed by atoms with Gasteiger partial charge in [0.05, 0.1) is 24.6 Å². The quantitative estimate of drug-likeness (QED) is 0.830. The standard InChI is InChI=1S/C20H25F2N3O/c1-19(2,18-15-6-4-3-5-14(15)7-9-24-18)25-17(26)11-16-20(12-21,13-22)8-10-23-16/h3-7,9,16,23H,8,10-13H2,1-2H3,(H,25,26). The van der Waals surface area contributed by atoms with Gasteiger partial charge in [0.2, 0.25) is 5.91 Å². The maximum absolute atomic E-state index is 13.4. The predicted molar refractivity (Wildman–Crippen MR) is 98.3 cm³/mol. The van der Waals surface area contributed by atoms with Crippen LogP contribution >= 0.6 is 0 Å². The van der Waals surface area contributed by atoms with Crippen LogP contribution < -0.4 is 10.6 Å². The molecule has 26 heavy (non-hydrogen) atoms. The van der Waals surface area contributed by atoms with E-state index in [1.807, 2.05) is 44.2 Å². The summed E-state index contributed by atoms with van der Waals surface area (Å²) in [6.45, 7) is 2.78. The largest absolute Gasteiger partial charge is 0.346 e. The highest BCUT2D eigenvalue weighted by Crippen LogP contribution is 2.35. The number of carbonyl (C=O) groups excluding carboxylic acids is 1. The molecule has 4 nitrogen and oxygen atoms in total. The number of rotatable bonds is 6. The van der Waals surface area contributed by atoms with Crippen LogP contribution in [-0.4, -0.2) is 36.8 Å². The number of amides is 1. The van der Waals surface area contributed by atoms with E-state index in [-0.39, 0.29) is 12.3 Å². The smallest absolute Gasteiger partial charge is 0.222 e. The lowest BCUT2D eigenvalue weighted by atomic mass is 9.81. The highest BCUT2D eigenvalue weighted by atomic mass is 19.1. The number of nitrogens with zero attached hydrogens (tertiary/aromatic N) is 1. The van der Waals surface area contributed by atoms with Gasteiger partial charge in [-0.1, -0.05) is 24.3 Å². The predicted octanol–water partition coefficient (Wildman–Crippen LogP) is 3.26. The van der Waals surface area contributed by atoms with Crippen molar-refractivity contribution < 1.29 is 13.6 Å². The minimum atomic E-state index is -1.08. The first-order valence-electron chi connectivity index (χ1n) is 8.92. The highest BCUT2D eigenvalue weighted by molar-refractivity contribution is 5.86. The van der Waals surface area contributed by atoms with Crippen LogP contribution in [0.25, 0.3) is 10.8 Å². The molecule has 1 unspecified atom stereocenters. The van der Waals surface area contributed by atoms with Gasteiger partial charge in [0.1, 0.15) is 0 Å². The number of benzene rings is 1. The molecule has 1 saturated heterocycles. The normalized spacial score (nSPS) is 19.6. The summed E-state index contributed by atoms with van der Waals surface area (Å²) in [6.07, 6.45) is 2.18. The van der Waals surface area contributed by atoms with Crippen molar-refractivity contribution in [3.05, 3.63) is 42.2 Å². The molecule has 0 radical (unpaired) electrons. The molecule has 1 aromatic heterocycles. The van der Waals surface area contributed by atoms with Crippen molar-refractivity contribution in [3.8, 4) is 0 Å². The summed E-state index contributed by atoms with van der Waals surface area (Å²) >= 11 is 0. The number of hydrogen-bond donors (Lipinski definition) is 2. The van der Waals surface area contributed by atoms with Crippen molar-refractivity contribution in [2.45, 2.75) is 38.3 Å². The Balaban J connectivity index is 1.77. The second-order valence-corrected chi connectivity index (χ2v) is 7.64. The Morgan fingerprint density at radius 1 is 1.31 bits per heavy atom. The number of halogens is 2. The number of carbonyl (C=O) groups is 1. The van der Waals surface area contributed by atoms with Crippen molar-refractivity contribution in [2.75, 3.05) is 19.9 Å². The number of alkyl halides is 2. The molecule has 2 N–H and O–H groups in total. The van der Waals surface area contributed by atoms with Gasteiger partial charge in [0.25, 0.3) is 0 Å². The van der Waals surface area contributed by atoms with E-state index < -0.39 is 30.3 Å². The minimum Gasteiger partial charge on any atom is -0.346 e. The van der Waals surface area contributed by atoms with E-state index >= 15 is 0 Å². The Hall–Kier alpha value is -2.08. The van der Waals surface area contributed by atoms with Crippen molar-refractivity contribution in [2.24, 2.45) is 5.41 Å². The second-order valence-electron chi connectivity index (χ2n) is 7.64. The maximum Gasteiger partial charge on any atom is 0.222 e. The molecule has 2 heterocycles. The lowest BCUT2D eigenvalue weighted by molar-refractivity contribution is -0.124. The van der Waals surface area contributed by atoms with Gasteiger partial charge in [0, 0.05) is 29.5 Å². The lowest BCUT2D eigenvalue weighted by Crippen LogP contribution is -2.47. The summed E-state index contributed by atoms with van der Waals surface area (Å²) < 4.78 is 26.8. The molecule has 0 saturated carbocycles. The van der Waals surface area contributed by atoms with Crippen LogP contribution in [-0.2, 0) is 10.3 Å². The Morgan fingerprint density at radius 3 is 2.77 bits per heavy atom. The van der Waals surface area contributed by atoms with E-state index in [1.54, 1.807) is 6.20 Å². The van der Waals surface area contributed by atoms with Crippen molar-refractivity contribution >= 4 is 16.7 Å². The average Bonchev–Trinajstić information content (AvgIpc) is 3.03. The Labute approximate surface area is 152 Å². The maximum atomic E-state index is 13.4. The van der Waals surface area contributed by atoms with Crippen molar-refractivity contribution in [1.29, 1.82) is 0 Å². The fraction of sp³-hybridized carbons (Fsp3) is 0.500. The third-order valence-corrected chi connectivity index (χ3v) is 5.39. The molecule has 1 amide bonds. The number of hydrogen-bond acceptors (Lipinski definition) is 3. The van der Waals surface area contributed by atoms with Gasteiger partial charge in [-0.15, -0.1) is 0 Å². The van der Waals surface area contributed by atoms with Gasteiger partial charge in [-0.05, 0) is 38.3 Å². The van der Waals surface area contributed by atoms with Crippen molar-refractivity contribution in [1.82, 2.24) is 15.6 Å². The van der Waals surface area contributed by atoms with E-state index in [0.717, 1.165) is 16.5 Å². The molecule has 1 fully saturated rings. The molecule has 140 valence electrons. The molecule has 0 bridgehead atoms. The molecule has 6 heteroatoms. The van der Waals surface area contributed by atoms with E-state index in [4.69, 9.17) is 0 Å². The van der Waals surface area contributed by atoms with Gasteiger partial charge in [-0.25, -0.2) is 0 Å². The van der Waals surface area contributed by atoms with Gasteiger partial charge >= 0.3 is 0 Å². The van der Waals surface area contributed by atoms with Crippen LogP contribution in [0.4, 0.5) is 8.78 Å². The van der Waals surface area contributed by atoms with Gasteiger partial charge in [-0.3, -0.25) is 18.6 Å². The highest BCUT2D eigenvalue weighted by Gasteiger charge is 2.44. The fourth-order valence-electron chi connectivity index (χ4n) is 3.79. The Bertz CT molecular complexity index is 784. The molecular weight excluding hydrogens is 336 g/mol. The summed E-state index contributed by atoms with van der Waals surface area (Å²) in [6, 6.07) is 9.30. The zero-order chi connectivity index (χ0) is 18.8. The molecule has 2 aromatic rings. The molecule has 1 aliphatic rings. The molecule has 1 atom stereocenters. The van der Waals surface area contributed by atoms with E-state index in [0.29, 0.717) is 13.0 Å². The van der Waals surface area contributed by atoms with Crippen LogP contribution in [0.3, 0.4) is 0 Å². The van der Waals surface area contributed by atoms with Crippen LogP contribution in [0.5, 0.6) is 0 Å². The Morgan fingerprint density at radius 2 is 2.04 bits per heavy atom. The lowest BCUT2D eigenvalue weighted by Gasteiger charge is -2.31.